The van der Waals surface area contributed by atoms with E-state index >= 15 is 0 Å². The summed E-state index contributed by atoms with van der Waals surface area (Å²) in [7, 11) is 2.17. The van der Waals surface area contributed by atoms with Crippen molar-refractivity contribution in [3.8, 4) is 0 Å². The van der Waals surface area contributed by atoms with E-state index in [9.17, 15) is 4.39 Å². The zero-order chi connectivity index (χ0) is 11.3. The number of piperidine rings is 1. The van der Waals surface area contributed by atoms with Gasteiger partial charge in [-0.3, -0.25) is 0 Å². The van der Waals surface area contributed by atoms with Gasteiger partial charge in [0, 0.05) is 12.0 Å². The Kier molecular flexibility index (Phi) is 2.61. The molecule has 15 heavy (non-hydrogen) atoms. The van der Waals surface area contributed by atoms with Crippen molar-refractivity contribution in [3.63, 3.8) is 0 Å². The SMILES string of the molecule is CC(C)C[C@]1(C)CN(C)CC[C@@]12C[C@H]2F. The Labute approximate surface area is 93.0 Å². The van der Waals surface area contributed by atoms with Crippen molar-refractivity contribution in [2.75, 3.05) is 20.1 Å². The molecule has 0 N–H and O–H groups in total. The Bertz CT molecular complexity index is 249. The van der Waals surface area contributed by atoms with E-state index in [1.807, 2.05) is 0 Å². The summed E-state index contributed by atoms with van der Waals surface area (Å²) >= 11 is 0. The van der Waals surface area contributed by atoms with Gasteiger partial charge in [-0.2, -0.15) is 0 Å². The Hall–Kier alpha value is -0.110. The average Bonchev–Trinajstić information content (AvgIpc) is 2.71. The largest absolute Gasteiger partial charge is 0.306 e. The van der Waals surface area contributed by atoms with Crippen LogP contribution >= 0.6 is 0 Å². The highest BCUT2D eigenvalue weighted by Crippen LogP contribution is 2.66. The summed E-state index contributed by atoms with van der Waals surface area (Å²) < 4.78 is 13.7. The molecule has 1 aliphatic carbocycles. The lowest BCUT2D eigenvalue weighted by atomic mass is 9.65. The van der Waals surface area contributed by atoms with Crippen molar-refractivity contribution in [2.24, 2.45) is 16.7 Å². The topological polar surface area (TPSA) is 3.24 Å². The number of hydrogen-bond donors (Lipinski definition) is 0. The minimum atomic E-state index is -0.519. The second-order valence-electron chi connectivity index (χ2n) is 6.47. The van der Waals surface area contributed by atoms with Crippen LogP contribution in [0.1, 0.15) is 40.0 Å². The van der Waals surface area contributed by atoms with Gasteiger partial charge in [0.05, 0.1) is 0 Å². The Balaban J connectivity index is 2.17. The number of hydrogen-bond acceptors (Lipinski definition) is 1. The fraction of sp³-hybridized carbons (Fsp3) is 1.00. The molecular formula is C13H24FN. The summed E-state index contributed by atoms with van der Waals surface area (Å²) in [5, 5.41) is 0. The molecule has 0 aromatic rings. The number of alkyl halides is 1. The van der Waals surface area contributed by atoms with Crippen molar-refractivity contribution in [1.82, 2.24) is 4.90 Å². The number of likely N-dealkylation sites (tertiary alicyclic amines) is 1. The molecule has 1 saturated carbocycles. The highest BCUT2D eigenvalue weighted by molar-refractivity contribution is 5.15. The molecule has 3 atom stereocenters. The predicted molar refractivity (Wildman–Crippen MR) is 61.6 cm³/mol. The van der Waals surface area contributed by atoms with Gasteiger partial charge in [0.1, 0.15) is 6.17 Å². The summed E-state index contributed by atoms with van der Waals surface area (Å²) in [6, 6.07) is 0. The molecule has 1 nitrogen and oxygen atoms in total. The van der Waals surface area contributed by atoms with Crippen LogP contribution in [0.4, 0.5) is 4.39 Å². The van der Waals surface area contributed by atoms with Crippen LogP contribution < -0.4 is 0 Å². The maximum absolute atomic E-state index is 13.7. The summed E-state index contributed by atoms with van der Waals surface area (Å²) in [5.41, 5.74) is 0.247. The molecule has 0 radical (unpaired) electrons. The van der Waals surface area contributed by atoms with Crippen molar-refractivity contribution in [2.45, 2.75) is 46.2 Å². The monoisotopic (exact) mass is 213 g/mol. The first-order valence-corrected chi connectivity index (χ1v) is 6.22. The standard InChI is InChI=1S/C13H24FN/c1-10(2)7-12(3)9-15(4)6-5-13(12)8-11(13)14/h10-11H,5-9H2,1-4H3/t11-,12-,13+/m1/s1. The van der Waals surface area contributed by atoms with E-state index in [2.05, 4.69) is 32.7 Å². The fourth-order valence-electron chi connectivity index (χ4n) is 3.84. The Morgan fingerprint density at radius 1 is 1.47 bits per heavy atom. The van der Waals surface area contributed by atoms with Crippen molar-refractivity contribution < 1.29 is 4.39 Å². The van der Waals surface area contributed by atoms with Crippen LogP contribution in [0.2, 0.25) is 0 Å². The summed E-state index contributed by atoms with van der Waals surface area (Å²) in [6.07, 6.45) is 2.53. The van der Waals surface area contributed by atoms with E-state index in [0.29, 0.717) is 5.92 Å². The normalized spacial score (nSPS) is 46.4. The summed E-state index contributed by atoms with van der Waals surface area (Å²) in [4.78, 5) is 2.37. The van der Waals surface area contributed by atoms with Crippen molar-refractivity contribution >= 4 is 0 Å². The molecule has 2 heteroatoms. The first-order chi connectivity index (χ1) is 6.90. The minimum absolute atomic E-state index is 0.0454. The highest BCUT2D eigenvalue weighted by atomic mass is 19.1. The lowest BCUT2D eigenvalue weighted by Gasteiger charge is -2.47. The Morgan fingerprint density at radius 2 is 2.07 bits per heavy atom. The molecule has 88 valence electrons. The third-order valence-corrected chi connectivity index (χ3v) is 4.60. The maximum Gasteiger partial charge on any atom is 0.107 e. The van der Waals surface area contributed by atoms with Crippen LogP contribution in [0.25, 0.3) is 0 Å². The number of rotatable bonds is 2. The quantitative estimate of drug-likeness (QED) is 0.681. The smallest absolute Gasteiger partial charge is 0.107 e. The fourth-order valence-corrected chi connectivity index (χ4v) is 3.84. The first-order valence-electron chi connectivity index (χ1n) is 6.22. The molecule has 1 heterocycles. The first kappa shape index (κ1) is 11.4. The molecule has 1 spiro atoms. The Morgan fingerprint density at radius 3 is 2.53 bits per heavy atom. The van der Waals surface area contributed by atoms with Crippen LogP contribution in [0, 0.1) is 16.7 Å². The molecule has 2 rings (SSSR count). The molecule has 1 saturated heterocycles. The maximum atomic E-state index is 13.7. The van der Waals surface area contributed by atoms with E-state index in [0.717, 1.165) is 32.4 Å². The minimum Gasteiger partial charge on any atom is -0.306 e. The van der Waals surface area contributed by atoms with Crippen LogP contribution in [0.15, 0.2) is 0 Å². The zero-order valence-electron chi connectivity index (χ0n) is 10.5. The molecule has 0 aromatic carbocycles. The van der Waals surface area contributed by atoms with E-state index in [1.165, 1.54) is 0 Å². The van der Waals surface area contributed by atoms with Crippen molar-refractivity contribution in [3.05, 3.63) is 0 Å². The average molecular weight is 213 g/mol. The van der Waals surface area contributed by atoms with Gasteiger partial charge in [0.15, 0.2) is 0 Å². The molecule has 0 unspecified atom stereocenters. The van der Waals surface area contributed by atoms with Gasteiger partial charge in [-0.25, -0.2) is 4.39 Å². The molecule has 1 aliphatic heterocycles. The highest BCUT2D eigenvalue weighted by Gasteiger charge is 2.66. The van der Waals surface area contributed by atoms with E-state index in [4.69, 9.17) is 0 Å². The second kappa shape index (κ2) is 3.44. The molecule has 0 bridgehead atoms. The van der Waals surface area contributed by atoms with E-state index < -0.39 is 6.17 Å². The van der Waals surface area contributed by atoms with Crippen LogP contribution in [-0.4, -0.2) is 31.2 Å². The van der Waals surface area contributed by atoms with Gasteiger partial charge in [-0.1, -0.05) is 20.8 Å². The molecule has 0 amide bonds. The van der Waals surface area contributed by atoms with Gasteiger partial charge in [-0.05, 0) is 44.2 Å². The molecule has 2 aliphatic rings. The lowest BCUT2D eigenvalue weighted by molar-refractivity contribution is 0.00535. The van der Waals surface area contributed by atoms with Gasteiger partial charge in [-0.15, -0.1) is 0 Å². The van der Waals surface area contributed by atoms with Gasteiger partial charge in [0.25, 0.3) is 0 Å². The van der Waals surface area contributed by atoms with Crippen LogP contribution in [-0.2, 0) is 0 Å². The van der Waals surface area contributed by atoms with Gasteiger partial charge < -0.3 is 4.90 Å². The molecule has 2 fully saturated rings. The summed E-state index contributed by atoms with van der Waals surface area (Å²) in [5.74, 6) is 0.672. The van der Waals surface area contributed by atoms with Gasteiger partial charge >= 0.3 is 0 Å². The van der Waals surface area contributed by atoms with Crippen LogP contribution in [0.5, 0.6) is 0 Å². The summed E-state index contributed by atoms with van der Waals surface area (Å²) in [6.45, 7) is 8.97. The van der Waals surface area contributed by atoms with Gasteiger partial charge in [0.2, 0.25) is 0 Å². The van der Waals surface area contributed by atoms with Crippen molar-refractivity contribution in [1.29, 1.82) is 0 Å². The molecule has 0 aromatic heterocycles. The third kappa shape index (κ3) is 1.71. The predicted octanol–water partition coefficient (Wildman–Crippen LogP) is 3.10. The van der Waals surface area contributed by atoms with Crippen LogP contribution in [0.3, 0.4) is 0 Å². The number of nitrogens with zero attached hydrogens (tertiary/aromatic N) is 1. The lowest BCUT2D eigenvalue weighted by Crippen LogP contribution is -2.48. The molecular weight excluding hydrogens is 189 g/mol. The second-order valence-corrected chi connectivity index (χ2v) is 6.47. The van der Waals surface area contributed by atoms with E-state index in [-0.39, 0.29) is 10.8 Å². The number of halogens is 1. The van der Waals surface area contributed by atoms with E-state index in [1.54, 1.807) is 0 Å². The zero-order valence-corrected chi connectivity index (χ0v) is 10.5. The third-order valence-electron chi connectivity index (χ3n) is 4.60.